The fraction of sp³-hybridized carbons (Fsp3) is 0.241. The van der Waals surface area contributed by atoms with E-state index in [0.29, 0.717) is 0 Å². The highest BCUT2D eigenvalue weighted by Gasteiger charge is 2.33. The number of para-hydroxylation sites is 1. The zero-order valence-electron chi connectivity index (χ0n) is 20.0. The Labute approximate surface area is 205 Å². The van der Waals surface area contributed by atoms with Crippen molar-refractivity contribution in [2.24, 2.45) is 0 Å². The number of hydrogen-bond donors (Lipinski definition) is 1. The zero-order chi connectivity index (χ0) is 23.8. The van der Waals surface area contributed by atoms with E-state index < -0.39 is 0 Å². The number of thioether (sulfide) groups is 1. The van der Waals surface area contributed by atoms with Gasteiger partial charge in [0.2, 0.25) is 5.91 Å². The van der Waals surface area contributed by atoms with Crippen LogP contribution in [0.2, 0.25) is 0 Å². The van der Waals surface area contributed by atoms with E-state index in [1.807, 2.05) is 30.0 Å². The van der Waals surface area contributed by atoms with Gasteiger partial charge in [-0.05, 0) is 45.7 Å². The molecule has 5 rings (SSSR count). The van der Waals surface area contributed by atoms with E-state index in [0.717, 1.165) is 39.8 Å². The standard InChI is InChI=1S/C29H29N3OS/c1-18-9-13-22(14-10-18)26-27(23-15-11-19(2)12-16-23)31-29(30-26)34-21(4)28(33)32-20(3)17-24-7-5-6-8-25(24)32/h5-16,20-21H,17H2,1-4H3,(H,30,31)/t20-,21+/m1/s1. The number of carbonyl (C=O) groups excluding carboxylic acids is 1. The summed E-state index contributed by atoms with van der Waals surface area (Å²) in [5, 5.41) is 0.489. The number of benzene rings is 3. The smallest absolute Gasteiger partial charge is 0.240 e. The summed E-state index contributed by atoms with van der Waals surface area (Å²) in [6.07, 6.45) is 0.898. The second-order valence-electron chi connectivity index (χ2n) is 9.15. The molecule has 1 N–H and O–H groups in total. The molecule has 0 unspecified atom stereocenters. The van der Waals surface area contributed by atoms with Crippen LogP contribution in [0.3, 0.4) is 0 Å². The van der Waals surface area contributed by atoms with Crippen LogP contribution in [0.4, 0.5) is 5.69 Å². The van der Waals surface area contributed by atoms with Gasteiger partial charge in [0.1, 0.15) is 0 Å². The van der Waals surface area contributed by atoms with Gasteiger partial charge in [-0.1, -0.05) is 89.6 Å². The Balaban J connectivity index is 1.46. The van der Waals surface area contributed by atoms with Gasteiger partial charge in [0.25, 0.3) is 0 Å². The Kier molecular flexibility index (Phi) is 6.05. The number of aryl methyl sites for hydroxylation is 2. The third-order valence-corrected chi connectivity index (χ3v) is 7.40. The Hall–Kier alpha value is -3.31. The minimum atomic E-state index is -0.267. The van der Waals surface area contributed by atoms with Gasteiger partial charge < -0.3 is 9.88 Å². The van der Waals surface area contributed by atoms with Crippen LogP contribution in [0.25, 0.3) is 22.5 Å². The molecular weight excluding hydrogens is 438 g/mol. The molecule has 2 heterocycles. The Morgan fingerprint density at radius 2 is 1.59 bits per heavy atom. The normalized spacial score (nSPS) is 15.9. The molecule has 172 valence electrons. The van der Waals surface area contributed by atoms with Gasteiger partial charge in [0, 0.05) is 22.9 Å². The Morgan fingerprint density at radius 3 is 2.26 bits per heavy atom. The van der Waals surface area contributed by atoms with Gasteiger partial charge in [-0.15, -0.1) is 0 Å². The molecular formula is C29H29N3OS. The Morgan fingerprint density at radius 1 is 0.971 bits per heavy atom. The fourth-order valence-corrected chi connectivity index (χ4v) is 5.43. The summed E-state index contributed by atoms with van der Waals surface area (Å²) in [6.45, 7) is 8.26. The molecule has 0 radical (unpaired) electrons. The third kappa shape index (κ3) is 4.28. The lowest BCUT2D eigenvalue weighted by Gasteiger charge is -2.25. The number of imidazole rings is 1. The molecule has 0 saturated heterocycles. The molecule has 0 spiro atoms. The minimum Gasteiger partial charge on any atom is -0.332 e. The van der Waals surface area contributed by atoms with Crippen molar-refractivity contribution < 1.29 is 4.79 Å². The highest BCUT2D eigenvalue weighted by molar-refractivity contribution is 8.00. The van der Waals surface area contributed by atoms with Crippen molar-refractivity contribution in [1.29, 1.82) is 0 Å². The summed E-state index contributed by atoms with van der Waals surface area (Å²) in [4.78, 5) is 23.9. The number of anilines is 1. The van der Waals surface area contributed by atoms with Crippen molar-refractivity contribution >= 4 is 23.4 Å². The van der Waals surface area contributed by atoms with E-state index in [-0.39, 0.29) is 17.2 Å². The lowest BCUT2D eigenvalue weighted by Crippen LogP contribution is -2.40. The molecule has 4 aromatic rings. The number of amides is 1. The number of nitrogens with one attached hydrogen (secondary N) is 1. The van der Waals surface area contributed by atoms with E-state index in [1.165, 1.54) is 28.5 Å². The lowest BCUT2D eigenvalue weighted by molar-refractivity contribution is -0.118. The van der Waals surface area contributed by atoms with Crippen molar-refractivity contribution in [3.05, 3.63) is 89.5 Å². The van der Waals surface area contributed by atoms with Crippen LogP contribution >= 0.6 is 11.8 Å². The van der Waals surface area contributed by atoms with Gasteiger partial charge in [-0.3, -0.25) is 4.79 Å². The highest BCUT2D eigenvalue weighted by Crippen LogP contribution is 2.37. The summed E-state index contributed by atoms with van der Waals surface area (Å²) in [6, 6.07) is 25.3. The molecule has 3 aromatic carbocycles. The van der Waals surface area contributed by atoms with E-state index >= 15 is 0 Å². The van der Waals surface area contributed by atoms with Crippen molar-refractivity contribution in [2.45, 2.75) is 50.6 Å². The first-order chi connectivity index (χ1) is 16.4. The largest absolute Gasteiger partial charge is 0.332 e. The molecule has 0 bridgehead atoms. The van der Waals surface area contributed by atoms with E-state index in [4.69, 9.17) is 4.98 Å². The molecule has 5 heteroatoms. The zero-order valence-corrected chi connectivity index (χ0v) is 20.8. The van der Waals surface area contributed by atoms with Crippen LogP contribution in [0, 0.1) is 13.8 Å². The number of H-pyrrole nitrogens is 1. The molecule has 34 heavy (non-hydrogen) atoms. The summed E-state index contributed by atoms with van der Waals surface area (Å²) in [7, 11) is 0. The van der Waals surface area contributed by atoms with Crippen molar-refractivity contribution in [2.75, 3.05) is 4.90 Å². The number of aromatic amines is 1. The van der Waals surface area contributed by atoms with Gasteiger partial charge in [0.15, 0.2) is 5.16 Å². The fourth-order valence-electron chi connectivity index (χ4n) is 4.57. The number of nitrogens with zero attached hydrogens (tertiary/aromatic N) is 2. The van der Waals surface area contributed by atoms with Gasteiger partial charge in [0.05, 0.1) is 16.6 Å². The summed E-state index contributed by atoms with van der Waals surface area (Å²) in [5.41, 5.74) is 8.73. The molecule has 0 fully saturated rings. The summed E-state index contributed by atoms with van der Waals surface area (Å²) >= 11 is 1.49. The van der Waals surface area contributed by atoms with Crippen LogP contribution in [0.1, 0.15) is 30.5 Å². The van der Waals surface area contributed by atoms with Crippen LogP contribution in [-0.2, 0) is 11.2 Å². The molecule has 1 aromatic heterocycles. The monoisotopic (exact) mass is 467 g/mol. The van der Waals surface area contributed by atoms with Crippen molar-refractivity contribution in [3.63, 3.8) is 0 Å². The predicted octanol–water partition coefficient (Wildman–Crippen LogP) is 6.82. The first-order valence-corrected chi connectivity index (χ1v) is 12.6. The van der Waals surface area contributed by atoms with Crippen LogP contribution in [0.15, 0.2) is 78.0 Å². The Bertz CT molecular complexity index is 1260. The van der Waals surface area contributed by atoms with Crippen LogP contribution < -0.4 is 4.90 Å². The number of carbonyl (C=O) groups is 1. The number of hydrogen-bond acceptors (Lipinski definition) is 3. The molecule has 0 saturated carbocycles. The van der Waals surface area contributed by atoms with E-state index in [9.17, 15) is 4.79 Å². The first kappa shape index (κ1) is 22.5. The predicted molar refractivity (Wildman–Crippen MR) is 141 cm³/mol. The van der Waals surface area contributed by atoms with Crippen molar-refractivity contribution in [3.8, 4) is 22.5 Å². The SMILES string of the molecule is Cc1ccc(-c2nc(S[C@@H](C)C(=O)N3c4ccccc4C[C@H]3C)[nH]c2-c2ccc(C)cc2)cc1. The molecule has 1 amide bonds. The topological polar surface area (TPSA) is 49.0 Å². The van der Waals surface area contributed by atoms with Gasteiger partial charge >= 0.3 is 0 Å². The maximum atomic E-state index is 13.5. The molecule has 1 aliphatic rings. The molecule has 0 aliphatic carbocycles. The average molecular weight is 468 g/mol. The lowest BCUT2D eigenvalue weighted by atomic mass is 10.0. The maximum absolute atomic E-state index is 13.5. The quantitative estimate of drug-likeness (QED) is 0.328. The van der Waals surface area contributed by atoms with Crippen LogP contribution in [-0.4, -0.2) is 27.2 Å². The second kappa shape index (κ2) is 9.15. The molecule has 4 nitrogen and oxygen atoms in total. The molecule has 2 atom stereocenters. The van der Waals surface area contributed by atoms with E-state index in [1.54, 1.807) is 0 Å². The second-order valence-corrected chi connectivity index (χ2v) is 10.5. The number of fused-ring (bicyclic) bond motifs is 1. The van der Waals surface area contributed by atoms with Crippen LogP contribution in [0.5, 0.6) is 0 Å². The van der Waals surface area contributed by atoms with Crippen molar-refractivity contribution in [1.82, 2.24) is 9.97 Å². The maximum Gasteiger partial charge on any atom is 0.240 e. The summed E-state index contributed by atoms with van der Waals surface area (Å²) < 4.78 is 0. The highest BCUT2D eigenvalue weighted by atomic mass is 32.2. The van der Waals surface area contributed by atoms with E-state index in [2.05, 4.69) is 80.4 Å². The molecule has 1 aliphatic heterocycles. The number of rotatable bonds is 5. The third-order valence-electron chi connectivity index (χ3n) is 6.43. The minimum absolute atomic E-state index is 0.118. The number of aromatic nitrogens is 2. The van der Waals surface area contributed by atoms with Gasteiger partial charge in [-0.25, -0.2) is 4.98 Å². The summed E-state index contributed by atoms with van der Waals surface area (Å²) in [5.74, 6) is 0.118. The first-order valence-electron chi connectivity index (χ1n) is 11.7. The van der Waals surface area contributed by atoms with Gasteiger partial charge in [-0.2, -0.15) is 0 Å². The average Bonchev–Trinajstić information content (AvgIpc) is 3.39.